The highest BCUT2D eigenvalue weighted by Crippen LogP contribution is 2.38. The molecule has 3 rings (SSSR count). The number of hydrogen-bond acceptors (Lipinski definition) is 2. The maximum absolute atomic E-state index is 11.9. The second kappa shape index (κ2) is 5.14. The lowest BCUT2D eigenvalue weighted by Gasteiger charge is -2.26. The Morgan fingerprint density at radius 1 is 1.38 bits per heavy atom. The van der Waals surface area contributed by atoms with Crippen LogP contribution in [0.1, 0.15) is 64.8 Å². The summed E-state index contributed by atoms with van der Waals surface area (Å²) in [6, 6.07) is 4.05. The van der Waals surface area contributed by atoms with Gasteiger partial charge in [0.05, 0.1) is 11.1 Å². The lowest BCUT2D eigenvalue weighted by molar-refractivity contribution is 0.0697. The molecular weight excluding hydrogens is 262 g/mol. The Labute approximate surface area is 125 Å². The fourth-order valence-electron chi connectivity index (χ4n) is 3.72. The minimum Gasteiger partial charge on any atom is -0.478 e. The van der Waals surface area contributed by atoms with E-state index in [1.54, 1.807) is 0 Å². The van der Waals surface area contributed by atoms with E-state index in [0.29, 0.717) is 11.5 Å². The Kier molecular flexibility index (Phi) is 3.44. The fraction of sp³-hybridized carbons (Fsp3) is 0.444. The summed E-state index contributed by atoms with van der Waals surface area (Å²) >= 11 is 0. The van der Waals surface area contributed by atoms with E-state index in [1.807, 2.05) is 26.0 Å². The minimum atomic E-state index is -0.817. The summed E-state index contributed by atoms with van der Waals surface area (Å²) in [4.78, 5) is 16.8. The van der Waals surface area contributed by atoms with Crippen molar-refractivity contribution < 1.29 is 9.90 Å². The van der Waals surface area contributed by atoms with E-state index in [2.05, 4.69) is 6.92 Å². The number of aromatic nitrogens is 1. The third-order valence-corrected chi connectivity index (χ3v) is 4.63. The molecular formula is C18H21NO2. The highest BCUT2D eigenvalue weighted by atomic mass is 16.4. The monoisotopic (exact) mass is 283 g/mol. The van der Waals surface area contributed by atoms with Gasteiger partial charge >= 0.3 is 5.97 Å². The van der Waals surface area contributed by atoms with Crippen LogP contribution in [0.25, 0.3) is 10.9 Å². The van der Waals surface area contributed by atoms with Gasteiger partial charge in [0, 0.05) is 17.0 Å². The van der Waals surface area contributed by atoms with Crippen molar-refractivity contribution >= 4 is 16.9 Å². The molecule has 1 aliphatic carbocycles. The number of carboxylic acid groups (broad SMARTS) is 1. The zero-order chi connectivity index (χ0) is 15.1. The van der Waals surface area contributed by atoms with Gasteiger partial charge in [-0.1, -0.05) is 13.0 Å². The first-order chi connectivity index (χ1) is 10.0. The summed E-state index contributed by atoms with van der Waals surface area (Å²) in [5.41, 5.74) is 5.47. The van der Waals surface area contributed by atoms with Crippen molar-refractivity contribution in [2.75, 3.05) is 0 Å². The maximum atomic E-state index is 11.9. The summed E-state index contributed by atoms with van der Waals surface area (Å²) in [5, 5.41) is 10.6. The lowest BCUT2D eigenvalue weighted by atomic mass is 9.81. The molecule has 1 aromatic heterocycles. The highest BCUT2D eigenvalue weighted by molar-refractivity contribution is 6.05. The van der Waals surface area contributed by atoms with E-state index in [-0.39, 0.29) is 0 Å². The molecule has 0 bridgehead atoms. The van der Waals surface area contributed by atoms with Crippen molar-refractivity contribution in [2.24, 2.45) is 0 Å². The van der Waals surface area contributed by atoms with E-state index in [4.69, 9.17) is 4.98 Å². The molecule has 1 unspecified atom stereocenters. The Morgan fingerprint density at radius 2 is 2.14 bits per heavy atom. The van der Waals surface area contributed by atoms with Gasteiger partial charge in [0.1, 0.15) is 0 Å². The van der Waals surface area contributed by atoms with Crippen molar-refractivity contribution in [3.63, 3.8) is 0 Å². The molecule has 21 heavy (non-hydrogen) atoms. The molecule has 0 spiro atoms. The zero-order valence-corrected chi connectivity index (χ0v) is 12.9. The Hall–Kier alpha value is -1.90. The van der Waals surface area contributed by atoms with Crippen molar-refractivity contribution in [3.05, 3.63) is 40.1 Å². The quantitative estimate of drug-likeness (QED) is 0.889. The van der Waals surface area contributed by atoms with Crippen LogP contribution in [0.5, 0.6) is 0 Å². The predicted octanol–water partition coefficient (Wildman–Crippen LogP) is 4.38. The fourth-order valence-corrected chi connectivity index (χ4v) is 3.72. The summed E-state index contributed by atoms with van der Waals surface area (Å²) in [7, 11) is 0. The second-order valence-corrected chi connectivity index (χ2v) is 6.13. The number of aryl methyl sites for hydroxylation is 2. The summed E-state index contributed by atoms with van der Waals surface area (Å²) in [6.45, 7) is 6.18. The Bertz CT molecular complexity index is 734. The topological polar surface area (TPSA) is 50.2 Å². The largest absolute Gasteiger partial charge is 0.478 e. The molecule has 3 heteroatoms. The first-order valence-corrected chi connectivity index (χ1v) is 7.70. The standard InChI is InChI=1S/C18H21NO2/c1-4-12-6-5-7-13-16(18(20)21)15-11(3)8-10(2)9-14(15)19-17(12)13/h8-9,12H,4-7H2,1-3H3,(H,20,21). The molecule has 2 aromatic rings. The molecule has 0 saturated heterocycles. The Morgan fingerprint density at radius 3 is 2.81 bits per heavy atom. The van der Waals surface area contributed by atoms with Gasteiger partial charge in [0.15, 0.2) is 0 Å². The average molecular weight is 283 g/mol. The predicted molar refractivity (Wildman–Crippen MR) is 84.1 cm³/mol. The molecule has 3 nitrogen and oxygen atoms in total. The third-order valence-electron chi connectivity index (χ3n) is 4.63. The van der Waals surface area contributed by atoms with Crippen LogP contribution in [-0.2, 0) is 6.42 Å². The van der Waals surface area contributed by atoms with Crippen LogP contribution in [0.2, 0.25) is 0 Å². The smallest absolute Gasteiger partial charge is 0.336 e. The number of fused-ring (bicyclic) bond motifs is 2. The highest BCUT2D eigenvalue weighted by Gasteiger charge is 2.27. The van der Waals surface area contributed by atoms with Crippen molar-refractivity contribution in [2.45, 2.75) is 52.4 Å². The molecule has 110 valence electrons. The number of aromatic carboxylic acids is 1. The van der Waals surface area contributed by atoms with Crippen LogP contribution < -0.4 is 0 Å². The molecule has 0 fully saturated rings. The number of benzene rings is 1. The van der Waals surface area contributed by atoms with E-state index in [9.17, 15) is 9.90 Å². The average Bonchev–Trinajstić information content (AvgIpc) is 2.43. The van der Waals surface area contributed by atoms with Crippen molar-refractivity contribution in [3.8, 4) is 0 Å². The number of pyridine rings is 1. The van der Waals surface area contributed by atoms with Crippen LogP contribution in [0.4, 0.5) is 0 Å². The SMILES string of the molecule is CCC1CCCc2c1nc1cc(C)cc(C)c1c2C(=O)O. The van der Waals surface area contributed by atoms with Gasteiger partial charge in [-0.05, 0) is 62.3 Å². The lowest BCUT2D eigenvalue weighted by Crippen LogP contribution is -2.17. The van der Waals surface area contributed by atoms with E-state index < -0.39 is 5.97 Å². The van der Waals surface area contributed by atoms with Crippen LogP contribution in [0, 0.1) is 13.8 Å². The van der Waals surface area contributed by atoms with Gasteiger partial charge < -0.3 is 5.11 Å². The van der Waals surface area contributed by atoms with Crippen LogP contribution >= 0.6 is 0 Å². The van der Waals surface area contributed by atoms with E-state index in [0.717, 1.165) is 59.0 Å². The number of carbonyl (C=O) groups is 1. The molecule has 0 aliphatic heterocycles. The second-order valence-electron chi connectivity index (χ2n) is 6.13. The summed E-state index contributed by atoms with van der Waals surface area (Å²) in [6.07, 6.45) is 4.04. The molecule has 1 N–H and O–H groups in total. The zero-order valence-electron chi connectivity index (χ0n) is 12.9. The number of carboxylic acids is 1. The van der Waals surface area contributed by atoms with Crippen LogP contribution in [0.15, 0.2) is 12.1 Å². The Balaban J connectivity index is 2.43. The first-order valence-electron chi connectivity index (χ1n) is 7.70. The van der Waals surface area contributed by atoms with Crippen LogP contribution in [-0.4, -0.2) is 16.1 Å². The van der Waals surface area contributed by atoms with E-state index >= 15 is 0 Å². The number of rotatable bonds is 2. The molecule has 1 aromatic carbocycles. The van der Waals surface area contributed by atoms with Crippen molar-refractivity contribution in [1.82, 2.24) is 4.98 Å². The third kappa shape index (κ3) is 2.21. The molecule has 0 saturated carbocycles. The van der Waals surface area contributed by atoms with Gasteiger partial charge in [-0.25, -0.2) is 4.79 Å². The summed E-state index contributed by atoms with van der Waals surface area (Å²) < 4.78 is 0. The van der Waals surface area contributed by atoms with Gasteiger partial charge in [-0.3, -0.25) is 4.98 Å². The molecule has 1 aliphatic rings. The van der Waals surface area contributed by atoms with Crippen LogP contribution in [0.3, 0.4) is 0 Å². The van der Waals surface area contributed by atoms with E-state index in [1.165, 1.54) is 0 Å². The summed E-state index contributed by atoms with van der Waals surface area (Å²) in [5.74, 6) is -0.417. The normalized spacial score (nSPS) is 17.8. The molecule has 1 heterocycles. The molecule has 0 radical (unpaired) electrons. The van der Waals surface area contributed by atoms with Gasteiger partial charge in [-0.2, -0.15) is 0 Å². The number of nitrogens with zero attached hydrogens (tertiary/aromatic N) is 1. The maximum Gasteiger partial charge on any atom is 0.336 e. The van der Waals surface area contributed by atoms with Crippen molar-refractivity contribution in [1.29, 1.82) is 0 Å². The molecule has 1 atom stereocenters. The van der Waals surface area contributed by atoms with Gasteiger partial charge in [0.2, 0.25) is 0 Å². The number of hydrogen-bond donors (Lipinski definition) is 1. The first kappa shape index (κ1) is 14.1. The minimum absolute atomic E-state index is 0.400. The van der Waals surface area contributed by atoms with Gasteiger partial charge in [-0.15, -0.1) is 0 Å². The molecule has 0 amide bonds. The van der Waals surface area contributed by atoms with Gasteiger partial charge in [0.25, 0.3) is 0 Å².